The average molecular weight is 660 g/mol. The minimum absolute atomic E-state index is 0.0726. The summed E-state index contributed by atoms with van der Waals surface area (Å²) in [5.41, 5.74) is 0.734. The lowest BCUT2D eigenvalue weighted by Gasteiger charge is -2.26. The molecule has 1 fully saturated rings. The van der Waals surface area contributed by atoms with Crippen LogP contribution in [0.2, 0.25) is 0 Å². The van der Waals surface area contributed by atoms with Crippen molar-refractivity contribution in [3.05, 3.63) is 89.9 Å². The molecule has 48 heavy (non-hydrogen) atoms. The summed E-state index contributed by atoms with van der Waals surface area (Å²) in [6.45, 7) is 3.45. The highest BCUT2D eigenvalue weighted by Crippen LogP contribution is 2.29. The zero-order chi connectivity index (χ0) is 33.9. The van der Waals surface area contributed by atoms with E-state index < -0.39 is 17.9 Å². The van der Waals surface area contributed by atoms with Gasteiger partial charge in [-0.3, -0.25) is 4.90 Å². The number of methoxy groups -OCH3 is 2. The van der Waals surface area contributed by atoms with Crippen molar-refractivity contribution >= 4 is 29.5 Å². The second kappa shape index (κ2) is 16.4. The molecule has 4 aromatic rings. The van der Waals surface area contributed by atoms with Crippen molar-refractivity contribution in [2.75, 3.05) is 50.7 Å². The second-order valence-electron chi connectivity index (χ2n) is 11.0. The van der Waals surface area contributed by atoms with Crippen LogP contribution in [-0.4, -0.2) is 72.5 Å². The molecule has 1 aromatic heterocycles. The van der Waals surface area contributed by atoms with Crippen molar-refractivity contribution in [2.45, 2.75) is 32.2 Å². The van der Waals surface area contributed by atoms with Crippen LogP contribution in [-0.2, 0) is 6.54 Å². The molecule has 3 aromatic carbocycles. The minimum atomic E-state index is -1.26. The van der Waals surface area contributed by atoms with Gasteiger partial charge in [0.2, 0.25) is 5.95 Å². The summed E-state index contributed by atoms with van der Waals surface area (Å²) in [4.78, 5) is 37.8. The van der Waals surface area contributed by atoms with Gasteiger partial charge < -0.3 is 34.3 Å². The number of anilines is 3. The van der Waals surface area contributed by atoms with Crippen molar-refractivity contribution < 1.29 is 38.0 Å². The first-order chi connectivity index (χ1) is 23.3. The number of aromatic carboxylic acids is 1. The molecule has 1 saturated heterocycles. The molecule has 1 amide bonds. The number of halogens is 1. The lowest BCUT2D eigenvalue weighted by Crippen LogP contribution is -2.34. The highest BCUT2D eigenvalue weighted by molar-refractivity contribution is 5.94. The van der Waals surface area contributed by atoms with Crippen LogP contribution in [0.15, 0.2) is 72.9 Å². The van der Waals surface area contributed by atoms with E-state index >= 15 is 0 Å². The van der Waals surface area contributed by atoms with Gasteiger partial charge >= 0.3 is 12.1 Å². The van der Waals surface area contributed by atoms with Crippen LogP contribution in [0.4, 0.5) is 26.6 Å². The molecular weight excluding hydrogens is 621 g/mol. The maximum atomic E-state index is 15.0. The number of benzene rings is 3. The number of carboxylic acid groups (broad SMARTS) is 1. The monoisotopic (exact) mass is 659 g/mol. The lowest BCUT2D eigenvalue weighted by molar-refractivity contribution is 0.0694. The maximum absolute atomic E-state index is 15.0. The molecule has 1 aliphatic heterocycles. The fourth-order valence-electron chi connectivity index (χ4n) is 5.33. The Bertz CT molecular complexity index is 1720. The number of hydrogen-bond donors (Lipinski definition) is 2. The van der Waals surface area contributed by atoms with E-state index in [4.69, 9.17) is 18.9 Å². The molecule has 2 N–H and O–H groups in total. The molecule has 0 spiro atoms. The molecule has 2 heterocycles. The van der Waals surface area contributed by atoms with E-state index in [1.165, 1.54) is 74.9 Å². The summed E-state index contributed by atoms with van der Waals surface area (Å²) >= 11 is 0. The van der Waals surface area contributed by atoms with Gasteiger partial charge in [-0.25, -0.2) is 19.0 Å². The Morgan fingerprint density at radius 3 is 2.50 bits per heavy atom. The summed E-state index contributed by atoms with van der Waals surface area (Å²) in [5.74, 6) is -0.609. The van der Waals surface area contributed by atoms with E-state index in [0.29, 0.717) is 29.4 Å². The number of likely N-dealkylation sites (tertiary alicyclic amines) is 1. The zero-order valence-corrected chi connectivity index (χ0v) is 26.9. The Balaban J connectivity index is 1.34. The summed E-state index contributed by atoms with van der Waals surface area (Å²) in [7, 11) is 3.01. The highest BCUT2D eigenvalue weighted by Gasteiger charge is 2.25. The van der Waals surface area contributed by atoms with E-state index in [2.05, 4.69) is 20.2 Å². The molecule has 0 radical (unpaired) electrons. The Kier molecular flexibility index (Phi) is 11.6. The summed E-state index contributed by atoms with van der Waals surface area (Å²) in [6, 6.07) is 16.9. The van der Waals surface area contributed by atoms with Gasteiger partial charge in [0, 0.05) is 30.1 Å². The largest absolute Gasteiger partial charge is 0.497 e. The molecular formula is C35H38FN5O7. The molecule has 0 atom stereocenters. The van der Waals surface area contributed by atoms with Gasteiger partial charge in [-0.2, -0.15) is 4.98 Å². The predicted molar refractivity (Wildman–Crippen MR) is 177 cm³/mol. The average Bonchev–Trinajstić information content (AvgIpc) is 3.10. The standard InChI is InChI=1S/C35H38FN5O7/c1-45-26-12-14-29(46-2)24(21-26)23-41(35(44)48-30-10-5-4-9-27(30)33(42)43)32-15-16-37-34(39-32)38-25-11-13-31(28(36)22-25)47-20-8-19-40-17-6-3-7-18-40/h4-5,9-16,21-22H,3,6-8,17-20,23H2,1-2H3,(H,42,43)(H,37,38,39). The number of hydrogen-bond acceptors (Lipinski definition) is 10. The van der Waals surface area contributed by atoms with Gasteiger partial charge in [-0.1, -0.05) is 18.6 Å². The lowest BCUT2D eigenvalue weighted by atomic mass is 10.1. The minimum Gasteiger partial charge on any atom is -0.497 e. The predicted octanol–water partition coefficient (Wildman–Crippen LogP) is 6.54. The second-order valence-corrected chi connectivity index (χ2v) is 11.0. The number of carboxylic acids is 1. The normalized spacial score (nSPS) is 13.0. The first-order valence-corrected chi connectivity index (χ1v) is 15.6. The zero-order valence-electron chi connectivity index (χ0n) is 26.9. The SMILES string of the molecule is COc1ccc(OC)c(CN(C(=O)Oc2ccccc2C(=O)O)c2ccnc(Nc3ccc(OCCCN4CCCCC4)c(F)c3)n2)c1. The van der Waals surface area contributed by atoms with E-state index in [0.717, 1.165) is 26.1 Å². The number of carbonyl (C=O) groups excluding carboxylic acids is 1. The first kappa shape index (κ1) is 33.9. The summed E-state index contributed by atoms with van der Waals surface area (Å²) < 4.78 is 37.1. The smallest absolute Gasteiger partial charge is 0.421 e. The third-order valence-corrected chi connectivity index (χ3v) is 7.78. The van der Waals surface area contributed by atoms with Gasteiger partial charge in [0.15, 0.2) is 11.6 Å². The highest BCUT2D eigenvalue weighted by atomic mass is 19.1. The molecule has 0 saturated carbocycles. The van der Waals surface area contributed by atoms with Crippen molar-refractivity contribution in [3.8, 4) is 23.0 Å². The molecule has 0 aliphatic carbocycles. The van der Waals surface area contributed by atoms with Crippen molar-refractivity contribution in [3.63, 3.8) is 0 Å². The maximum Gasteiger partial charge on any atom is 0.421 e. The van der Waals surface area contributed by atoms with Gasteiger partial charge in [0.05, 0.1) is 27.4 Å². The Morgan fingerprint density at radius 2 is 1.75 bits per heavy atom. The van der Waals surface area contributed by atoms with Crippen LogP contribution in [0, 0.1) is 5.82 Å². The number of piperidine rings is 1. The van der Waals surface area contributed by atoms with Crippen LogP contribution in [0.3, 0.4) is 0 Å². The van der Waals surface area contributed by atoms with E-state index in [9.17, 15) is 19.1 Å². The molecule has 0 bridgehead atoms. The third kappa shape index (κ3) is 8.88. The Labute approximate surface area is 278 Å². The van der Waals surface area contributed by atoms with Gasteiger partial charge in [0.25, 0.3) is 0 Å². The quantitative estimate of drug-likeness (QED) is 0.143. The van der Waals surface area contributed by atoms with Gasteiger partial charge in [0.1, 0.15) is 28.6 Å². The van der Waals surface area contributed by atoms with Crippen LogP contribution in [0.25, 0.3) is 0 Å². The fraction of sp³-hybridized carbons (Fsp3) is 0.314. The van der Waals surface area contributed by atoms with Crippen LogP contribution in [0.1, 0.15) is 41.6 Å². The molecule has 252 valence electrons. The number of carbonyl (C=O) groups is 2. The Morgan fingerprint density at radius 1 is 0.958 bits per heavy atom. The van der Waals surface area contributed by atoms with Crippen molar-refractivity contribution in [1.82, 2.24) is 14.9 Å². The molecule has 12 nitrogen and oxygen atoms in total. The number of nitrogens with zero attached hydrogens (tertiary/aromatic N) is 4. The molecule has 0 unspecified atom stereocenters. The van der Waals surface area contributed by atoms with E-state index in [1.54, 1.807) is 36.4 Å². The molecule has 5 rings (SSSR count). The van der Waals surface area contributed by atoms with Crippen LogP contribution < -0.4 is 29.2 Å². The Hall–Kier alpha value is -5.43. The number of nitrogens with one attached hydrogen (secondary N) is 1. The third-order valence-electron chi connectivity index (χ3n) is 7.78. The first-order valence-electron chi connectivity index (χ1n) is 15.6. The summed E-state index contributed by atoms with van der Waals surface area (Å²) in [6.07, 6.45) is 5.04. The molecule has 1 aliphatic rings. The number of rotatable bonds is 14. The van der Waals surface area contributed by atoms with Crippen molar-refractivity contribution in [1.29, 1.82) is 0 Å². The van der Waals surface area contributed by atoms with E-state index in [-0.39, 0.29) is 35.4 Å². The topological polar surface area (TPSA) is 136 Å². The van der Waals surface area contributed by atoms with Crippen LogP contribution >= 0.6 is 0 Å². The fourth-order valence-corrected chi connectivity index (χ4v) is 5.33. The van der Waals surface area contributed by atoms with Gasteiger partial charge in [-0.05, 0) is 80.9 Å². The summed E-state index contributed by atoms with van der Waals surface area (Å²) in [5, 5.41) is 12.6. The van der Waals surface area contributed by atoms with Gasteiger partial charge in [-0.15, -0.1) is 0 Å². The number of aromatic nitrogens is 2. The number of para-hydroxylation sites is 1. The van der Waals surface area contributed by atoms with Crippen molar-refractivity contribution in [2.24, 2.45) is 0 Å². The number of amides is 1. The number of ether oxygens (including phenoxy) is 4. The van der Waals surface area contributed by atoms with E-state index in [1.807, 2.05) is 0 Å². The molecule has 13 heteroatoms. The van der Waals surface area contributed by atoms with Crippen LogP contribution in [0.5, 0.6) is 23.0 Å².